The quantitative estimate of drug-likeness (QED) is 0.0914. The molecule has 37 heavy (non-hydrogen) atoms. The molecule has 0 aliphatic rings. The van der Waals surface area contributed by atoms with Gasteiger partial charge in [-0.1, -0.05) is 187 Å². The van der Waals surface area contributed by atoms with E-state index in [9.17, 15) is 8.42 Å². The van der Waals surface area contributed by atoms with Crippen LogP contribution in [0.2, 0.25) is 0 Å². The minimum absolute atomic E-state index is 0. The molecule has 0 bridgehead atoms. The molecule has 1 N–H and O–H groups in total. The fraction of sp³-hybridized carbons (Fsp3) is 0.812. The van der Waals surface area contributed by atoms with Crippen LogP contribution in [0.5, 0.6) is 0 Å². The van der Waals surface area contributed by atoms with Gasteiger partial charge in [0.15, 0.2) is 0 Å². The summed E-state index contributed by atoms with van der Waals surface area (Å²) in [5.74, 6) is 0. The van der Waals surface area contributed by atoms with Gasteiger partial charge >= 0.3 is 37.7 Å². The molecule has 0 radical (unpaired) electrons. The smallest absolute Gasteiger partial charge is 0.282 e. The van der Waals surface area contributed by atoms with Crippen molar-refractivity contribution in [3.05, 3.63) is 30.3 Å². The summed E-state index contributed by atoms with van der Waals surface area (Å²) < 4.78 is 29.2. The van der Waals surface area contributed by atoms with E-state index in [2.05, 4.69) is 27.7 Å². The second-order valence-electron chi connectivity index (χ2n) is 10.2. The van der Waals surface area contributed by atoms with Crippen LogP contribution in [0, 0.1) is 0 Å². The van der Waals surface area contributed by atoms with E-state index in [1.165, 1.54) is 153 Å². The summed E-state index contributed by atoms with van der Waals surface area (Å²) in [4.78, 5) is -0.0741. The van der Waals surface area contributed by atoms with Gasteiger partial charge in [0, 0.05) is 0 Å². The zero-order valence-corrected chi connectivity index (χ0v) is 28.3. The summed E-state index contributed by atoms with van der Waals surface area (Å²) in [6.45, 7) is 9.13. The van der Waals surface area contributed by atoms with Gasteiger partial charge < -0.3 is 0 Å². The predicted octanol–water partition coefficient (Wildman–Crippen LogP) is 11.2. The van der Waals surface area contributed by atoms with Crippen molar-refractivity contribution in [1.82, 2.24) is 0 Å². The van der Waals surface area contributed by atoms with Gasteiger partial charge in [0.1, 0.15) is 0 Å². The van der Waals surface area contributed by atoms with Gasteiger partial charge in [-0.25, -0.2) is 0 Å². The van der Waals surface area contributed by atoms with Gasteiger partial charge in [-0.15, -0.1) is 0 Å². The first kappa shape index (κ1) is 41.9. The maximum atomic E-state index is 10.4. The van der Waals surface area contributed by atoms with E-state index in [1.807, 2.05) is 0 Å². The Morgan fingerprint density at radius 3 is 0.838 bits per heavy atom. The second-order valence-corrected chi connectivity index (χ2v) is 11.6. The molecule has 0 spiro atoms. The van der Waals surface area contributed by atoms with Crippen molar-refractivity contribution in [3.8, 4) is 0 Å². The van der Waals surface area contributed by atoms with E-state index in [4.69, 9.17) is 4.55 Å². The molecule has 1 aromatic rings. The molecule has 0 aliphatic heterocycles. The minimum atomic E-state index is -4.00. The Morgan fingerprint density at radius 1 is 0.459 bits per heavy atom. The molecule has 0 atom stereocenters. The fourth-order valence-corrected chi connectivity index (χ4v) is 4.57. The van der Waals surface area contributed by atoms with Gasteiger partial charge in [-0.3, -0.25) is 4.55 Å². The minimum Gasteiger partial charge on any atom is -0.282 e. The van der Waals surface area contributed by atoms with Gasteiger partial charge in [0.25, 0.3) is 10.1 Å². The SMILES string of the molecule is CCCCCCCCCCCCC.CCCCCCCCCCCCC.O=S(=O)(O)c1ccccc1.[Ca+2]. The van der Waals surface area contributed by atoms with Gasteiger partial charge in [-0.2, -0.15) is 8.42 Å². The Bertz CT molecular complexity index is 578. The van der Waals surface area contributed by atoms with Crippen LogP contribution in [-0.2, 0) is 10.1 Å². The molecule has 214 valence electrons. The molecule has 0 fully saturated rings. The molecule has 1 rings (SSSR count). The first-order valence-electron chi connectivity index (χ1n) is 15.5. The third-order valence-electron chi connectivity index (χ3n) is 6.46. The van der Waals surface area contributed by atoms with E-state index in [0.29, 0.717) is 0 Å². The molecular formula is C32H62CaO3S+2. The summed E-state index contributed by atoms with van der Waals surface area (Å²) in [6, 6.07) is 7.42. The summed E-state index contributed by atoms with van der Waals surface area (Å²) >= 11 is 0. The molecule has 0 saturated heterocycles. The Hall–Kier alpha value is 0.390. The van der Waals surface area contributed by atoms with E-state index in [1.54, 1.807) is 18.2 Å². The largest absolute Gasteiger partial charge is 2.00 e. The molecule has 5 heteroatoms. The van der Waals surface area contributed by atoms with Crippen molar-refractivity contribution in [1.29, 1.82) is 0 Å². The molecule has 0 amide bonds. The van der Waals surface area contributed by atoms with Crippen LogP contribution in [0.25, 0.3) is 0 Å². The number of benzene rings is 1. The van der Waals surface area contributed by atoms with Gasteiger partial charge in [0.05, 0.1) is 4.90 Å². The Kier molecular flexibility index (Phi) is 38.9. The van der Waals surface area contributed by atoms with E-state index in [0.717, 1.165) is 0 Å². The van der Waals surface area contributed by atoms with Crippen LogP contribution in [-0.4, -0.2) is 50.7 Å². The molecular weight excluding hydrogens is 504 g/mol. The number of hydrogen-bond donors (Lipinski definition) is 1. The Morgan fingerprint density at radius 2 is 0.676 bits per heavy atom. The van der Waals surface area contributed by atoms with Crippen molar-refractivity contribution in [2.24, 2.45) is 0 Å². The third kappa shape index (κ3) is 36.4. The van der Waals surface area contributed by atoms with Gasteiger partial charge in [0.2, 0.25) is 0 Å². The zero-order valence-electron chi connectivity index (χ0n) is 25.3. The van der Waals surface area contributed by atoms with Crippen molar-refractivity contribution in [2.45, 2.75) is 174 Å². The molecule has 0 aliphatic carbocycles. The fourth-order valence-electron chi connectivity index (χ4n) is 4.07. The van der Waals surface area contributed by atoms with E-state index >= 15 is 0 Å². The maximum absolute atomic E-state index is 10.4. The Balaban J connectivity index is -0.000000466. The van der Waals surface area contributed by atoms with Crippen molar-refractivity contribution >= 4 is 47.9 Å². The van der Waals surface area contributed by atoms with Crippen LogP contribution in [0.3, 0.4) is 0 Å². The third-order valence-corrected chi connectivity index (χ3v) is 7.32. The zero-order chi connectivity index (χ0) is 27.2. The standard InChI is InChI=1S/2C13H28.C6H6O3S.Ca/c2*1-3-5-7-9-11-13-12-10-8-6-4-2;7-10(8,9)6-4-2-1-3-5-6;/h2*3-13H2,1-2H3;1-5H,(H,7,8,9);/q;;;+2. The summed E-state index contributed by atoms with van der Waals surface area (Å²) in [5, 5.41) is 0. The van der Waals surface area contributed by atoms with E-state index in [-0.39, 0.29) is 42.6 Å². The van der Waals surface area contributed by atoms with Crippen molar-refractivity contribution in [2.75, 3.05) is 0 Å². The molecule has 0 aromatic heterocycles. The average Bonchev–Trinajstić information content (AvgIpc) is 2.88. The molecule has 0 unspecified atom stereocenters. The topological polar surface area (TPSA) is 54.4 Å². The van der Waals surface area contributed by atoms with Crippen LogP contribution in [0.4, 0.5) is 0 Å². The van der Waals surface area contributed by atoms with Crippen LogP contribution >= 0.6 is 0 Å². The number of hydrogen-bond acceptors (Lipinski definition) is 2. The predicted molar refractivity (Wildman–Crippen MR) is 166 cm³/mol. The Labute approximate surface area is 263 Å². The van der Waals surface area contributed by atoms with Crippen LogP contribution in [0.15, 0.2) is 35.2 Å². The molecule has 3 nitrogen and oxygen atoms in total. The first-order valence-corrected chi connectivity index (χ1v) is 16.9. The van der Waals surface area contributed by atoms with E-state index < -0.39 is 10.1 Å². The van der Waals surface area contributed by atoms with Crippen molar-refractivity contribution < 1.29 is 13.0 Å². The normalized spacial score (nSPS) is 10.5. The first-order chi connectivity index (χ1) is 17.4. The maximum Gasteiger partial charge on any atom is 2.00 e. The molecule has 0 heterocycles. The second kappa shape index (κ2) is 34.4. The number of unbranched alkanes of at least 4 members (excludes halogenated alkanes) is 20. The average molecular weight is 567 g/mol. The monoisotopic (exact) mass is 566 g/mol. The van der Waals surface area contributed by atoms with Crippen LogP contribution < -0.4 is 0 Å². The number of rotatable bonds is 21. The summed E-state index contributed by atoms with van der Waals surface area (Å²) in [6.07, 6.45) is 31.9. The summed E-state index contributed by atoms with van der Waals surface area (Å²) in [7, 11) is -4.00. The molecule has 1 aromatic carbocycles. The summed E-state index contributed by atoms with van der Waals surface area (Å²) in [5.41, 5.74) is 0. The van der Waals surface area contributed by atoms with Crippen molar-refractivity contribution in [3.63, 3.8) is 0 Å². The van der Waals surface area contributed by atoms with Crippen LogP contribution in [0.1, 0.15) is 169 Å². The molecule has 0 saturated carbocycles. The van der Waals surface area contributed by atoms with Gasteiger partial charge in [-0.05, 0) is 12.1 Å².